The highest BCUT2D eigenvalue weighted by molar-refractivity contribution is 14.0. The molecule has 0 saturated heterocycles. The molecule has 0 spiro atoms. The van der Waals surface area contributed by atoms with Crippen LogP contribution < -0.4 is 5.73 Å². The second kappa shape index (κ2) is 5.70. The Bertz CT molecular complexity index is 239. The zero-order valence-electron chi connectivity index (χ0n) is 6.65. The average Bonchev–Trinajstić information content (AvgIpc) is 1.80. The van der Waals surface area contributed by atoms with Crippen molar-refractivity contribution in [2.45, 2.75) is 12.5 Å². The van der Waals surface area contributed by atoms with E-state index in [4.69, 9.17) is 15.6 Å². The number of carboxylic acid groups (broad SMARTS) is 1. The summed E-state index contributed by atoms with van der Waals surface area (Å²) in [7, 11) is -2.60. The molecule has 5 nitrogen and oxygen atoms in total. The Labute approximate surface area is 88.7 Å². The van der Waals surface area contributed by atoms with E-state index in [-0.39, 0.29) is 36.2 Å². The molecule has 0 aliphatic rings. The van der Waals surface area contributed by atoms with Crippen LogP contribution in [0, 0.1) is 4.78 Å². The number of nitrogens with one attached hydrogen (secondary N) is 1. The normalized spacial score (nSPS) is 17.2. The zero-order valence-corrected chi connectivity index (χ0v) is 9.80. The highest BCUT2D eigenvalue weighted by atomic mass is 127. The van der Waals surface area contributed by atoms with Gasteiger partial charge in [0.15, 0.2) is 0 Å². The summed E-state index contributed by atoms with van der Waals surface area (Å²) in [5, 5.41) is 8.30. The fourth-order valence-electron chi connectivity index (χ4n) is 0.475. The molecule has 74 valence electrons. The third-order valence-electron chi connectivity index (χ3n) is 1.14. The summed E-state index contributed by atoms with van der Waals surface area (Å²) in [6, 6.07) is -0.999. The molecule has 0 rings (SSSR count). The lowest BCUT2D eigenvalue weighted by molar-refractivity contribution is -0.138. The lowest BCUT2D eigenvalue weighted by Crippen LogP contribution is -2.31. The van der Waals surface area contributed by atoms with Gasteiger partial charge in [-0.2, -0.15) is 0 Å². The van der Waals surface area contributed by atoms with E-state index < -0.39 is 21.7 Å². The molecule has 0 amide bonds. The van der Waals surface area contributed by atoms with Gasteiger partial charge in [-0.05, 0) is 6.42 Å². The van der Waals surface area contributed by atoms with Crippen molar-refractivity contribution >= 4 is 39.7 Å². The standard InChI is InChI=1S/C5H12N2O3S.HI/c1-11(7,10)3-2-4(6)5(8)9;/h4,7H,2-3,6H2,1H3,(H,8,9);1H. The number of carbonyl (C=O) groups is 1. The lowest BCUT2D eigenvalue weighted by atomic mass is 10.2. The molecular formula is C5H13IN2O3S. The van der Waals surface area contributed by atoms with E-state index in [1.54, 1.807) is 0 Å². The molecule has 0 aromatic carbocycles. The minimum absolute atomic E-state index is 0. The zero-order chi connectivity index (χ0) is 9.07. The summed E-state index contributed by atoms with van der Waals surface area (Å²) in [6.07, 6.45) is 1.36. The maximum atomic E-state index is 10.7. The summed E-state index contributed by atoms with van der Waals surface area (Å²) >= 11 is 0. The average molecular weight is 308 g/mol. The largest absolute Gasteiger partial charge is 0.480 e. The Hall–Kier alpha value is 0.110. The molecule has 0 saturated carbocycles. The summed E-state index contributed by atoms with van der Waals surface area (Å²) in [4.78, 5) is 10.1. The van der Waals surface area contributed by atoms with E-state index in [1.165, 1.54) is 6.26 Å². The number of carboxylic acids is 1. The Morgan fingerprint density at radius 3 is 2.42 bits per heavy atom. The van der Waals surface area contributed by atoms with Gasteiger partial charge in [0.1, 0.15) is 6.04 Å². The minimum atomic E-state index is -2.60. The topological polar surface area (TPSA) is 104 Å². The Morgan fingerprint density at radius 2 is 2.17 bits per heavy atom. The molecule has 7 heteroatoms. The maximum absolute atomic E-state index is 10.7. The van der Waals surface area contributed by atoms with E-state index >= 15 is 0 Å². The van der Waals surface area contributed by atoms with Crippen LogP contribution in [0.3, 0.4) is 0 Å². The first-order valence-corrected chi connectivity index (χ1v) is 5.16. The quantitative estimate of drug-likeness (QED) is 0.640. The lowest BCUT2D eigenvalue weighted by Gasteiger charge is -2.04. The smallest absolute Gasteiger partial charge is 0.320 e. The summed E-state index contributed by atoms with van der Waals surface area (Å²) < 4.78 is 17.7. The number of hydrogen-bond donors (Lipinski definition) is 3. The van der Waals surface area contributed by atoms with Gasteiger partial charge in [0, 0.05) is 21.7 Å². The van der Waals surface area contributed by atoms with Gasteiger partial charge in [0.2, 0.25) is 0 Å². The van der Waals surface area contributed by atoms with Crippen LogP contribution in [0.4, 0.5) is 0 Å². The first-order chi connectivity index (χ1) is 4.83. The Balaban J connectivity index is 0. The van der Waals surface area contributed by atoms with Crippen LogP contribution >= 0.6 is 24.0 Å². The number of rotatable bonds is 4. The molecule has 0 aromatic heterocycles. The molecule has 0 aromatic rings. The highest BCUT2D eigenvalue weighted by Gasteiger charge is 2.12. The van der Waals surface area contributed by atoms with Gasteiger partial charge in [-0.3, -0.25) is 13.8 Å². The molecular weight excluding hydrogens is 295 g/mol. The number of halogens is 1. The van der Waals surface area contributed by atoms with Crippen LogP contribution in [0.25, 0.3) is 0 Å². The van der Waals surface area contributed by atoms with Crippen molar-refractivity contribution in [2.24, 2.45) is 5.73 Å². The predicted molar refractivity (Wildman–Crippen MR) is 57.3 cm³/mol. The summed E-state index contributed by atoms with van der Waals surface area (Å²) in [5.74, 6) is -1.07. The number of aliphatic carboxylic acids is 1. The van der Waals surface area contributed by atoms with Gasteiger partial charge < -0.3 is 10.8 Å². The minimum Gasteiger partial charge on any atom is -0.480 e. The van der Waals surface area contributed by atoms with Crippen LogP contribution in [0.5, 0.6) is 0 Å². The van der Waals surface area contributed by atoms with Crippen molar-refractivity contribution in [3.63, 3.8) is 0 Å². The first kappa shape index (κ1) is 14.6. The van der Waals surface area contributed by atoms with Crippen LogP contribution in [-0.2, 0) is 14.5 Å². The molecule has 4 N–H and O–H groups in total. The van der Waals surface area contributed by atoms with E-state index in [2.05, 4.69) is 0 Å². The van der Waals surface area contributed by atoms with Crippen LogP contribution in [-0.4, -0.2) is 33.3 Å². The van der Waals surface area contributed by atoms with Gasteiger partial charge >= 0.3 is 5.97 Å². The van der Waals surface area contributed by atoms with Gasteiger partial charge in [0.25, 0.3) is 0 Å². The molecule has 2 atom stereocenters. The van der Waals surface area contributed by atoms with E-state index in [0.717, 1.165) is 0 Å². The van der Waals surface area contributed by atoms with E-state index in [9.17, 15) is 9.00 Å². The second-order valence-corrected chi connectivity index (χ2v) is 4.86. The summed E-state index contributed by atoms with van der Waals surface area (Å²) in [5.41, 5.74) is 5.12. The third kappa shape index (κ3) is 8.21. The van der Waals surface area contributed by atoms with Gasteiger partial charge in [-0.1, -0.05) is 0 Å². The molecule has 12 heavy (non-hydrogen) atoms. The van der Waals surface area contributed by atoms with Gasteiger partial charge in [-0.15, -0.1) is 24.0 Å². The maximum Gasteiger partial charge on any atom is 0.320 e. The Kier molecular flexibility index (Phi) is 6.95. The molecule has 2 unspecified atom stereocenters. The molecule has 0 aliphatic heterocycles. The predicted octanol–water partition coefficient (Wildman–Crippen LogP) is 0.0830. The third-order valence-corrected chi connectivity index (χ3v) is 2.15. The highest BCUT2D eigenvalue weighted by Crippen LogP contribution is 1.94. The van der Waals surface area contributed by atoms with E-state index in [0.29, 0.717) is 0 Å². The molecule has 0 fully saturated rings. The fourth-order valence-corrected chi connectivity index (χ4v) is 1.18. The first-order valence-electron chi connectivity index (χ1n) is 3.03. The van der Waals surface area contributed by atoms with Crippen LogP contribution in [0.1, 0.15) is 6.42 Å². The van der Waals surface area contributed by atoms with Crippen LogP contribution in [0.15, 0.2) is 0 Å². The van der Waals surface area contributed by atoms with Gasteiger partial charge in [0.05, 0.1) is 0 Å². The number of nitrogens with two attached hydrogens (primary N) is 1. The molecule has 0 radical (unpaired) electrons. The van der Waals surface area contributed by atoms with Crippen molar-refractivity contribution in [3.05, 3.63) is 0 Å². The van der Waals surface area contributed by atoms with Crippen molar-refractivity contribution < 1.29 is 14.1 Å². The summed E-state index contributed by atoms with van der Waals surface area (Å²) in [6.45, 7) is 0. The van der Waals surface area contributed by atoms with E-state index in [1.807, 2.05) is 0 Å². The monoisotopic (exact) mass is 308 g/mol. The van der Waals surface area contributed by atoms with Gasteiger partial charge in [-0.25, -0.2) is 0 Å². The molecule has 0 heterocycles. The fraction of sp³-hybridized carbons (Fsp3) is 0.800. The second-order valence-electron chi connectivity index (χ2n) is 2.44. The van der Waals surface area contributed by atoms with Crippen LogP contribution in [0.2, 0.25) is 0 Å². The molecule has 0 aliphatic carbocycles. The Morgan fingerprint density at radius 1 is 1.75 bits per heavy atom. The van der Waals surface area contributed by atoms with Crippen molar-refractivity contribution in [1.82, 2.24) is 0 Å². The number of hydrogen-bond acceptors (Lipinski definition) is 4. The van der Waals surface area contributed by atoms with Crippen molar-refractivity contribution in [1.29, 1.82) is 4.78 Å². The van der Waals surface area contributed by atoms with Crippen molar-refractivity contribution in [3.8, 4) is 0 Å². The SMILES string of the molecule is CS(=N)(=O)CCC(N)C(=O)O.I. The van der Waals surface area contributed by atoms with Crippen molar-refractivity contribution in [2.75, 3.05) is 12.0 Å². The molecule has 0 bridgehead atoms.